The Bertz CT molecular complexity index is 1000. The van der Waals surface area contributed by atoms with Gasteiger partial charge in [-0.3, -0.25) is 14.0 Å². The minimum Gasteiger partial charge on any atom is -0.481 e. The van der Waals surface area contributed by atoms with Crippen molar-refractivity contribution in [1.82, 2.24) is 10.2 Å². The van der Waals surface area contributed by atoms with Crippen LogP contribution in [-0.4, -0.2) is 51.7 Å². The number of carbonyl (C=O) groups excluding carboxylic acids is 1. The molecule has 174 valence electrons. The average molecular weight is 460 g/mol. The Kier molecular flexibility index (Phi) is 8.15. The highest BCUT2D eigenvalue weighted by molar-refractivity contribution is 7.92. The van der Waals surface area contributed by atoms with Gasteiger partial charge in [0.1, 0.15) is 5.75 Å². The number of hydrogen-bond acceptors (Lipinski definition) is 5. The van der Waals surface area contributed by atoms with E-state index in [0.717, 1.165) is 31.5 Å². The van der Waals surface area contributed by atoms with Gasteiger partial charge in [0.05, 0.1) is 11.9 Å². The van der Waals surface area contributed by atoms with Gasteiger partial charge < -0.3 is 10.1 Å². The third-order valence-corrected chi connectivity index (χ3v) is 6.91. The molecule has 1 atom stereocenters. The minimum absolute atomic E-state index is 0.172. The van der Waals surface area contributed by atoms with E-state index in [1.165, 1.54) is 29.8 Å². The maximum Gasteiger partial charge on any atom is 0.261 e. The molecule has 1 aliphatic heterocycles. The smallest absolute Gasteiger partial charge is 0.261 e. The Morgan fingerprint density at radius 3 is 2.41 bits per heavy atom. The van der Waals surface area contributed by atoms with Crippen molar-refractivity contribution in [3.8, 4) is 5.75 Å². The first-order chi connectivity index (χ1) is 15.3. The molecule has 1 saturated heterocycles. The second-order valence-corrected chi connectivity index (χ2v) is 10.3. The summed E-state index contributed by atoms with van der Waals surface area (Å²) >= 11 is 0. The lowest BCUT2D eigenvalue weighted by molar-refractivity contribution is -0.128. The van der Waals surface area contributed by atoms with Gasteiger partial charge in [-0.15, -0.1) is 0 Å². The fourth-order valence-corrected chi connectivity index (χ4v) is 4.26. The van der Waals surface area contributed by atoms with Crippen molar-refractivity contribution in [2.75, 3.05) is 30.7 Å². The van der Waals surface area contributed by atoms with Gasteiger partial charge in [-0.05, 0) is 67.7 Å². The first-order valence-electron chi connectivity index (χ1n) is 11.0. The quantitative estimate of drug-likeness (QED) is 0.591. The fraction of sp³-hybridized carbons (Fsp3) is 0.458. The van der Waals surface area contributed by atoms with Gasteiger partial charge in [-0.25, -0.2) is 8.42 Å². The Morgan fingerprint density at radius 2 is 1.78 bits per heavy atom. The van der Waals surface area contributed by atoms with E-state index in [-0.39, 0.29) is 5.91 Å². The average Bonchev–Trinajstić information content (AvgIpc) is 3.28. The largest absolute Gasteiger partial charge is 0.481 e. The number of nitrogens with one attached hydrogen (secondary N) is 1. The molecule has 7 nitrogen and oxygen atoms in total. The van der Waals surface area contributed by atoms with E-state index in [9.17, 15) is 13.2 Å². The zero-order valence-corrected chi connectivity index (χ0v) is 19.9. The second-order valence-electron chi connectivity index (χ2n) is 8.26. The number of amides is 1. The summed E-state index contributed by atoms with van der Waals surface area (Å²) in [6.45, 7) is 5.61. The van der Waals surface area contributed by atoms with Crippen molar-refractivity contribution in [1.29, 1.82) is 0 Å². The highest BCUT2D eigenvalue weighted by atomic mass is 32.2. The second kappa shape index (κ2) is 10.8. The molecule has 1 amide bonds. The Hall–Kier alpha value is -2.58. The Balaban J connectivity index is 1.54. The van der Waals surface area contributed by atoms with E-state index in [1.54, 1.807) is 24.3 Å². The van der Waals surface area contributed by atoms with Crippen molar-refractivity contribution >= 4 is 21.6 Å². The molecule has 0 aliphatic carbocycles. The van der Waals surface area contributed by atoms with Crippen molar-refractivity contribution < 1.29 is 17.9 Å². The normalized spacial score (nSPS) is 15.3. The standard InChI is InChI=1S/C24H33N3O4S/c1-4-23(31-22-12-10-21(11-13-22)26(2)32(3,29)30)24(28)25-17-19-8-7-9-20(16-19)18-27-14-5-6-15-27/h7-13,16,23H,4-6,14-15,17-18H2,1-3H3,(H,25,28)/t23-/m0/s1. The number of hydrogen-bond donors (Lipinski definition) is 1. The number of carbonyl (C=O) groups is 1. The van der Waals surface area contributed by atoms with E-state index in [2.05, 4.69) is 22.3 Å². The van der Waals surface area contributed by atoms with Crippen LogP contribution in [0.2, 0.25) is 0 Å². The minimum atomic E-state index is -3.33. The highest BCUT2D eigenvalue weighted by Crippen LogP contribution is 2.21. The zero-order chi connectivity index (χ0) is 23.1. The summed E-state index contributed by atoms with van der Waals surface area (Å²) in [5.41, 5.74) is 2.87. The van der Waals surface area contributed by atoms with E-state index in [0.29, 0.717) is 24.4 Å². The van der Waals surface area contributed by atoms with Crippen molar-refractivity contribution in [2.24, 2.45) is 0 Å². The SMILES string of the molecule is CC[C@H](Oc1ccc(N(C)S(C)(=O)=O)cc1)C(=O)NCc1cccc(CN2CCCC2)c1. The molecular formula is C24H33N3O4S. The molecule has 1 N–H and O–H groups in total. The van der Waals surface area contributed by atoms with E-state index >= 15 is 0 Å². The number of anilines is 1. The number of sulfonamides is 1. The van der Waals surface area contributed by atoms with Crippen LogP contribution in [0.25, 0.3) is 0 Å². The number of benzene rings is 2. The number of likely N-dealkylation sites (tertiary alicyclic amines) is 1. The lowest BCUT2D eigenvalue weighted by atomic mass is 10.1. The molecule has 1 heterocycles. The van der Waals surface area contributed by atoms with Crippen LogP contribution in [0.1, 0.15) is 37.3 Å². The van der Waals surface area contributed by atoms with Gasteiger partial charge in [-0.1, -0.05) is 31.2 Å². The monoisotopic (exact) mass is 459 g/mol. The molecular weight excluding hydrogens is 426 g/mol. The number of rotatable bonds is 10. The molecule has 32 heavy (non-hydrogen) atoms. The summed E-state index contributed by atoms with van der Waals surface area (Å²) in [5, 5.41) is 2.98. The van der Waals surface area contributed by atoms with Crippen molar-refractivity contribution in [3.63, 3.8) is 0 Å². The van der Waals surface area contributed by atoms with E-state index < -0.39 is 16.1 Å². The molecule has 0 radical (unpaired) electrons. The topological polar surface area (TPSA) is 78.9 Å². The van der Waals surface area contributed by atoms with Gasteiger partial charge in [0.25, 0.3) is 5.91 Å². The summed E-state index contributed by atoms with van der Waals surface area (Å²) in [6.07, 6.45) is 3.58. The molecule has 2 aromatic carbocycles. The molecule has 1 fully saturated rings. The summed E-state index contributed by atoms with van der Waals surface area (Å²) in [7, 11) is -1.83. The van der Waals surface area contributed by atoms with Crippen LogP contribution >= 0.6 is 0 Å². The molecule has 0 aromatic heterocycles. The van der Waals surface area contributed by atoms with E-state index in [4.69, 9.17) is 4.74 Å². The summed E-state index contributed by atoms with van der Waals surface area (Å²) in [6, 6.07) is 15.0. The first kappa shape index (κ1) is 24.1. The van der Waals surface area contributed by atoms with Crippen LogP contribution in [0, 0.1) is 0 Å². The highest BCUT2D eigenvalue weighted by Gasteiger charge is 2.19. The molecule has 0 bridgehead atoms. The Morgan fingerprint density at radius 1 is 1.12 bits per heavy atom. The lowest BCUT2D eigenvalue weighted by Crippen LogP contribution is -2.37. The van der Waals surface area contributed by atoms with Crippen LogP contribution in [0.3, 0.4) is 0 Å². The third-order valence-electron chi connectivity index (χ3n) is 5.70. The van der Waals surface area contributed by atoms with Crippen LogP contribution in [0.4, 0.5) is 5.69 Å². The van der Waals surface area contributed by atoms with Crippen molar-refractivity contribution in [2.45, 2.75) is 45.4 Å². The maximum atomic E-state index is 12.7. The zero-order valence-electron chi connectivity index (χ0n) is 19.1. The summed E-state index contributed by atoms with van der Waals surface area (Å²) in [5.74, 6) is 0.347. The number of nitrogens with zero attached hydrogens (tertiary/aromatic N) is 2. The number of ether oxygens (including phenoxy) is 1. The van der Waals surface area contributed by atoms with Crippen LogP contribution in [-0.2, 0) is 27.9 Å². The molecule has 8 heteroatoms. The van der Waals surface area contributed by atoms with Crippen molar-refractivity contribution in [3.05, 3.63) is 59.7 Å². The summed E-state index contributed by atoms with van der Waals surface area (Å²) in [4.78, 5) is 15.1. The van der Waals surface area contributed by atoms with Gasteiger partial charge in [0.15, 0.2) is 6.10 Å². The van der Waals surface area contributed by atoms with Gasteiger partial charge in [0, 0.05) is 20.1 Å². The summed E-state index contributed by atoms with van der Waals surface area (Å²) < 4.78 is 30.4. The van der Waals surface area contributed by atoms with Crippen LogP contribution in [0.5, 0.6) is 5.75 Å². The predicted octanol–water partition coefficient (Wildman–Crippen LogP) is 3.15. The van der Waals surface area contributed by atoms with Gasteiger partial charge in [-0.2, -0.15) is 0 Å². The van der Waals surface area contributed by atoms with Crippen LogP contribution < -0.4 is 14.4 Å². The lowest BCUT2D eigenvalue weighted by Gasteiger charge is -2.20. The molecule has 3 rings (SSSR count). The first-order valence-corrected chi connectivity index (χ1v) is 12.9. The van der Waals surface area contributed by atoms with Crippen LogP contribution in [0.15, 0.2) is 48.5 Å². The molecule has 0 saturated carbocycles. The maximum absolute atomic E-state index is 12.7. The predicted molar refractivity (Wildman–Crippen MR) is 127 cm³/mol. The van der Waals surface area contributed by atoms with E-state index in [1.807, 2.05) is 19.1 Å². The third kappa shape index (κ3) is 6.71. The fourth-order valence-electron chi connectivity index (χ4n) is 3.75. The molecule has 1 aliphatic rings. The van der Waals surface area contributed by atoms with Gasteiger partial charge >= 0.3 is 0 Å². The molecule has 0 unspecified atom stereocenters. The molecule has 2 aromatic rings. The van der Waals surface area contributed by atoms with Gasteiger partial charge in [0.2, 0.25) is 10.0 Å². The Labute approximate surface area is 191 Å². The molecule has 0 spiro atoms.